The predicted octanol–water partition coefficient (Wildman–Crippen LogP) is 4.35. The van der Waals surface area contributed by atoms with Crippen molar-refractivity contribution in [1.29, 1.82) is 0 Å². The SMILES string of the molecule is COC(=O)c1ccc(Nc2cc(-c3ccc4c(c3)ncn4CCCN3CCCC3)nc(N3CCOCC3)n2)cc1. The molecule has 208 valence electrons. The van der Waals surface area contributed by atoms with Gasteiger partial charge in [0.2, 0.25) is 5.95 Å². The molecule has 1 N–H and O–H groups in total. The minimum absolute atomic E-state index is 0.366. The van der Waals surface area contributed by atoms with E-state index in [4.69, 9.17) is 24.4 Å². The maximum absolute atomic E-state index is 11.8. The highest BCUT2D eigenvalue weighted by atomic mass is 16.5. The monoisotopic (exact) mass is 541 g/mol. The summed E-state index contributed by atoms with van der Waals surface area (Å²) in [6.07, 6.45) is 5.72. The largest absolute Gasteiger partial charge is 0.465 e. The van der Waals surface area contributed by atoms with Gasteiger partial charge in [0.15, 0.2) is 0 Å². The van der Waals surface area contributed by atoms with E-state index >= 15 is 0 Å². The van der Waals surface area contributed by atoms with E-state index < -0.39 is 0 Å². The van der Waals surface area contributed by atoms with Gasteiger partial charge in [-0.2, -0.15) is 4.98 Å². The van der Waals surface area contributed by atoms with E-state index in [0.717, 1.165) is 60.6 Å². The van der Waals surface area contributed by atoms with Gasteiger partial charge in [-0.1, -0.05) is 6.07 Å². The van der Waals surface area contributed by atoms with Crippen LogP contribution in [0.3, 0.4) is 0 Å². The summed E-state index contributed by atoms with van der Waals surface area (Å²) in [5.74, 6) is 0.960. The number of likely N-dealkylation sites (tertiary alicyclic amines) is 1. The number of nitrogens with zero attached hydrogens (tertiary/aromatic N) is 6. The fourth-order valence-corrected chi connectivity index (χ4v) is 5.38. The van der Waals surface area contributed by atoms with Crippen molar-refractivity contribution in [2.45, 2.75) is 25.8 Å². The summed E-state index contributed by atoms with van der Waals surface area (Å²) in [7, 11) is 1.38. The number of methoxy groups -OCH3 is 1. The van der Waals surface area contributed by atoms with Crippen LogP contribution in [0.15, 0.2) is 54.9 Å². The molecule has 0 aliphatic carbocycles. The van der Waals surface area contributed by atoms with E-state index in [2.05, 4.69) is 37.9 Å². The van der Waals surface area contributed by atoms with Crippen LogP contribution in [-0.4, -0.2) is 83.4 Å². The number of imidazole rings is 1. The zero-order valence-corrected chi connectivity index (χ0v) is 22.9. The molecule has 2 saturated heterocycles. The van der Waals surface area contributed by atoms with E-state index in [1.165, 1.54) is 33.0 Å². The summed E-state index contributed by atoms with van der Waals surface area (Å²) in [5.41, 5.74) is 5.20. The van der Waals surface area contributed by atoms with Crippen LogP contribution in [0.4, 0.5) is 17.5 Å². The molecule has 0 saturated carbocycles. The topological polar surface area (TPSA) is 97.6 Å². The summed E-state index contributed by atoms with van der Waals surface area (Å²) >= 11 is 0. The van der Waals surface area contributed by atoms with Gasteiger partial charge in [-0.15, -0.1) is 0 Å². The number of esters is 1. The van der Waals surface area contributed by atoms with Gasteiger partial charge in [0.25, 0.3) is 0 Å². The van der Waals surface area contributed by atoms with Gasteiger partial charge in [-0.25, -0.2) is 14.8 Å². The van der Waals surface area contributed by atoms with Gasteiger partial charge in [-0.3, -0.25) is 0 Å². The first-order chi connectivity index (χ1) is 19.7. The Bertz CT molecular complexity index is 1460. The molecule has 2 fully saturated rings. The second kappa shape index (κ2) is 12.0. The summed E-state index contributed by atoms with van der Waals surface area (Å²) in [6, 6.07) is 15.4. The lowest BCUT2D eigenvalue weighted by Crippen LogP contribution is -2.37. The third kappa shape index (κ3) is 5.93. The third-order valence-corrected chi connectivity index (χ3v) is 7.58. The van der Waals surface area contributed by atoms with E-state index in [9.17, 15) is 4.79 Å². The third-order valence-electron chi connectivity index (χ3n) is 7.58. The first kappa shape index (κ1) is 26.2. The standard InChI is InChI=1S/C30H35N7O3/c1-39-29(38)22-5-8-24(9-6-22)32-28-20-25(33-30(34-28)36-15-17-40-18-16-36)23-7-10-27-26(19-23)31-21-37(27)14-4-13-35-11-2-3-12-35/h5-10,19-21H,2-4,11-18H2,1H3,(H,32,33,34). The van der Waals surface area contributed by atoms with Gasteiger partial charge >= 0.3 is 5.97 Å². The highest BCUT2D eigenvalue weighted by molar-refractivity contribution is 5.89. The smallest absolute Gasteiger partial charge is 0.337 e. The first-order valence-corrected chi connectivity index (χ1v) is 14.0. The van der Waals surface area contributed by atoms with Crippen molar-refractivity contribution < 1.29 is 14.3 Å². The highest BCUT2D eigenvalue weighted by Gasteiger charge is 2.18. The number of nitrogens with one attached hydrogen (secondary N) is 1. The van der Waals surface area contributed by atoms with E-state index in [1.807, 2.05) is 24.5 Å². The van der Waals surface area contributed by atoms with E-state index in [-0.39, 0.29) is 5.97 Å². The molecule has 2 aliphatic heterocycles. The lowest BCUT2D eigenvalue weighted by atomic mass is 10.1. The van der Waals surface area contributed by atoms with Crippen molar-refractivity contribution in [3.05, 3.63) is 60.4 Å². The lowest BCUT2D eigenvalue weighted by molar-refractivity contribution is 0.0600. The van der Waals surface area contributed by atoms with Crippen LogP contribution in [-0.2, 0) is 16.0 Å². The molecule has 40 heavy (non-hydrogen) atoms. The molecular weight excluding hydrogens is 506 g/mol. The summed E-state index contributed by atoms with van der Waals surface area (Å²) < 4.78 is 12.6. The lowest BCUT2D eigenvalue weighted by Gasteiger charge is -2.27. The fourth-order valence-electron chi connectivity index (χ4n) is 5.38. The highest BCUT2D eigenvalue weighted by Crippen LogP contribution is 2.28. The normalized spacial score (nSPS) is 16.0. The van der Waals surface area contributed by atoms with Crippen LogP contribution >= 0.6 is 0 Å². The number of rotatable bonds is 9. The summed E-state index contributed by atoms with van der Waals surface area (Å²) in [5, 5.41) is 3.38. The van der Waals surface area contributed by atoms with Gasteiger partial charge in [0.1, 0.15) is 5.82 Å². The quantitative estimate of drug-likeness (QED) is 0.310. The Labute approximate surface area is 233 Å². The molecule has 10 heteroatoms. The molecule has 0 amide bonds. The number of aryl methyl sites for hydroxylation is 1. The number of hydrogen-bond donors (Lipinski definition) is 1. The Morgan fingerprint density at radius 2 is 1.77 bits per heavy atom. The molecule has 0 bridgehead atoms. The molecule has 0 unspecified atom stereocenters. The van der Waals surface area contributed by atoms with E-state index in [0.29, 0.717) is 30.5 Å². The second-order valence-corrected chi connectivity index (χ2v) is 10.3. The molecule has 2 aliphatic rings. The number of anilines is 3. The van der Waals surface area contributed by atoms with Crippen LogP contribution in [0.2, 0.25) is 0 Å². The van der Waals surface area contributed by atoms with Crippen LogP contribution in [0.25, 0.3) is 22.3 Å². The van der Waals surface area contributed by atoms with Crippen LogP contribution in [0.5, 0.6) is 0 Å². The van der Waals surface area contributed by atoms with Crippen molar-refractivity contribution in [3.8, 4) is 11.3 Å². The van der Waals surface area contributed by atoms with Gasteiger partial charge in [-0.05, 0) is 75.3 Å². The maximum atomic E-state index is 11.8. The van der Waals surface area contributed by atoms with Crippen molar-refractivity contribution in [2.24, 2.45) is 0 Å². The van der Waals surface area contributed by atoms with Gasteiger partial charge < -0.3 is 29.2 Å². The Morgan fingerprint density at radius 1 is 0.975 bits per heavy atom. The predicted molar refractivity (Wildman–Crippen MR) is 155 cm³/mol. The first-order valence-electron chi connectivity index (χ1n) is 14.0. The van der Waals surface area contributed by atoms with Gasteiger partial charge in [0.05, 0.1) is 48.9 Å². The van der Waals surface area contributed by atoms with Crippen molar-refractivity contribution in [2.75, 3.05) is 63.3 Å². The van der Waals surface area contributed by atoms with Crippen molar-refractivity contribution >= 4 is 34.5 Å². The zero-order chi connectivity index (χ0) is 27.3. The van der Waals surface area contributed by atoms with Crippen LogP contribution in [0.1, 0.15) is 29.6 Å². The molecule has 0 spiro atoms. The Hall–Kier alpha value is -4.02. The number of carbonyl (C=O) groups excluding carboxylic acids is 1. The molecule has 2 aromatic carbocycles. The zero-order valence-electron chi connectivity index (χ0n) is 22.9. The van der Waals surface area contributed by atoms with Crippen molar-refractivity contribution in [3.63, 3.8) is 0 Å². The van der Waals surface area contributed by atoms with E-state index in [1.54, 1.807) is 12.1 Å². The molecule has 10 nitrogen and oxygen atoms in total. The minimum Gasteiger partial charge on any atom is -0.465 e. The van der Waals surface area contributed by atoms with Crippen LogP contribution in [0, 0.1) is 0 Å². The molecule has 0 atom stereocenters. The van der Waals surface area contributed by atoms with Gasteiger partial charge in [0, 0.05) is 37.0 Å². The number of fused-ring (bicyclic) bond motifs is 1. The molecule has 4 aromatic rings. The Kier molecular flexibility index (Phi) is 7.87. The maximum Gasteiger partial charge on any atom is 0.337 e. The average Bonchev–Trinajstić information content (AvgIpc) is 3.67. The minimum atomic E-state index is -0.366. The Morgan fingerprint density at radius 3 is 2.55 bits per heavy atom. The Balaban J connectivity index is 1.25. The summed E-state index contributed by atoms with van der Waals surface area (Å²) in [6.45, 7) is 7.33. The number of ether oxygens (including phenoxy) is 2. The molecule has 0 radical (unpaired) electrons. The number of morpholine rings is 1. The van der Waals surface area contributed by atoms with Crippen LogP contribution < -0.4 is 10.2 Å². The number of carbonyl (C=O) groups is 1. The fraction of sp³-hybridized carbons (Fsp3) is 0.400. The van der Waals surface area contributed by atoms with Crippen molar-refractivity contribution in [1.82, 2.24) is 24.4 Å². The molecule has 6 rings (SSSR count). The average molecular weight is 542 g/mol. The number of aromatic nitrogens is 4. The number of hydrogen-bond acceptors (Lipinski definition) is 9. The molecular formula is C30H35N7O3. The summed E-state index contributed by atoms with van der Waals surface area (Å²) in [4.78, 5) is 31.0. The second-order valence-electron chi connectivity index (χ2n) is 10.3. The number of benzene rings is 2. The molecule has 4 heterocycles. The molecule has 2 aromatic heterocycles.